The number of anilines is 1. The van der Waals surface area contributed by atoms with Gasteiger partial charge in [0.05, 0.1) is 38.1 Å². The van der Waals surface area contributed by atoms with E-state index in [4.69, 9.17) is 9.47 Å². The number of nitrogens with zero attached hydrogens (tertiary/aromatic N) is 1. The first-order valence-corrected chi connectivity index (χ1v) is 7.75. The number of rotatable bonds is 8. The molecule has 132 valence electrons. The van der Waals surface area contributed by atoms with Crippen molar-refractivity contribution in [3.8, 4) is 0 Å². The highest BCUT2D eigenvalue weighted by atomic mass is 16.5. The predicted molar refractivity (Wildman–Crippen MR) is 89.8 cm³/mol. The van der Waals surface area contributed by atoms with Gasteiger partial charge in [0.1, 0.15) is 0 Å². The first kappa shape index (κ1) is 19.6. The molecule has 1 rings (SSSR count). The second kappa shape index (κ2) is 9.67. The van der Waals surface area contributed by atoms with Crippen LogP contribution in [0.2, 0.25) is 0 Å². The van der Waals surface area contributed by atoms with Crippen LogP contribution < -0.4 is 5.32 Å². The van der Waals surface area contributed by atoms with Gasteiger partial charge in [0.2, 0.25) is 5.91 Å². The van der Waals surface area contributed by atoms with Crippen molar-refractivity contribution >= 4 is 23.5 Å². The molecule has 0 bridgehead atoms. The average molecular weight is 336 g/mol. The Kier molecular flexibility index (Phi) is 7.91. The molecular weight excluding hydrogens is 312 g/mol. The molecule has 0 fully saturated rings. The molecule has 0 aliphatic carbocycles. The van der Waals surface area contributed by atoms with E-state index in [2.05, 4.69) is 5.32 Å². The summed E-state index contributed by atoms with van der Waals surface area (Å²) in [6.45, 7) is 5.82. The number of hydrogen-bond donors (Lipinski definition) is 1. The van der Waals surface area contributed by atoms with Crippen LogP contribution in [-0.2, 0) is 19.1 Å². The number of hydrogen-bond acceptors (Lipinski definition) is 6. The Morgan fingerprint density at radius 2 is 1.83 bits per heavy atom. The number of amides is 1. The fourth-order valence-electron chi connectivity index (χ4n) is 2.05. The number of methoxy groups -OCH3 is 1. The van der Waals surface area contributed by atoms with E-state index in [1.807, 2.05) is 13.8 Å². The van der Waals surface area contributed by atoms with Gasteiger partial charge in [-0.25, -0.2) is 4.79 Å². The molecule has 24 heavy (non-hydrogen) atoms. The summed E-state index contributed by atoms with van der Waals surface area (Å²) in [5.74, 6) is -1.24. The number of carbonyl (C=O) groups excluding carboxylic acids is 3. The Bertz CT molecular complexity index is 586. The van der Waals surface area contributed by atoms with Crippen molar-refractivity contribution in [3.05, 3.63) is 29.8 Å². The van der Waals surface area contributed by atoms with Crippen LogP contribution >= 0.6 is 0 Å². The summed E-state index contributed by atoms with van der Waals surface area (Å²) >= 11 is 0. The second-order valence-electron chi connectivity index (χ2n) is 5.39. The maximum Gasteiger partial charge on any atom is 0.339 e. The lowest BCUT2D eigenvalue weighted by atomic mass is 10.2. The van der Waals surface area contributed by atoms with Gasteiger partial charge in [0, 0.05) is 6.04 Å². The minimum Gasteiger partial charge on any atom is -0.465 e. The Morgan fingerprint density at radius 3 is 2.42 bits per heavy atom. The van der Waals surface area contributed by atoms with Gasteiger partial charge in [0.15, 0.2) is 0 Å². The van der Waals surface area contributed by atoms with Gasteiger partial charge in [-0.05, 0) is 32.9 Å². The van der Waals surface area contributed by atoms with Crippen molar-refractivity contribution < 1.29 is 23.9 Å². The van der Waals surface area contributed by atoms with Gasteiger partial charge in [-0.15, -0.1) is 0 Å². The number of carbonyl (C=O) groups is 3. The van der Waals surface area contributed by atoms with E-state index < -0.39 is 5.97 Å². The van der Waals surface area contributed by atoms with E-state index >= 15 is 0 Å². The number of para-hydroxylation sites is 1. The third-order valence-corrected chi connectivity index (χ3v) is 3.32. The van der Waals surface area contributed by atoms with Gasteiger partial charge in [-0.2, -0.15) is 0 Å². The number of ether oxygens (including phenoxy) is 2. The molecule has 7 heteroatoms. The Morgan fingerprint density at radius 1 is 1.17 bits per heavy atom. The monoisotopic (exact) mass is 336 g/mol. The van der Waals surface area contributed by atoms with Crippen molar-refractivity contribution in [3.63, 3.8) is 0 Å². The fourth-order valence-corrected chi connectivity index (χ4v) is 2.05. The molecular formula is C17H24N2O5. The molecule has 1 aromatic rings. The second-order valence-corrected chi connectivity index (χ2v) is 5.39. The highest BCUT2D eigenvalue weighted by molar-refractivity contribution is 6.01. The van der Waals surface area contributed by atoms with Gasteiger partial charge < -0.3 is 14.8 Å². The molecule has 0 saturated heterocycles. The van der Waals surface area contributed by atoms with Crippen LogP contribution in [-0.4, -0.2) is 55.6 Å². The summed E-state index contributed by atoms with van der Waals surface area (Å²) in [6, 6.07) is 6.57. The molecule has 0 aromatic heterocycles. The smallest absolute Gasteiger partial charge is 0.339 e. The third-order valence-electron chi connectivity index (χ3n) is 3.32. The maximum absolute atomic E-state index is 12.3. The minimum absolute atomic E-state index is 0.00594. The van der Waals surface area contributed by atoms with Crippen LogP contribution in [0.15, 0.2) is 24.3 Å². The summed E-state index contributed by atoms with van der Waals surface area (Å²) in [4.78, 5) is 37.3. The molecule has 0 unspecified atom stereocenters. The van der Waals surface area contributed by atoms with Crippen LogP contribution in [0.25, 0.3) is 0 Å². The minimum atomic E-state index is -0.530. The van der Waals surface area contributed by atoms with E-state index in [1.54, 1.807) is 36.1 Å². The Hall–Kier alpha value is -2.41. The molecule has 0 aliphatic rings. The van der Waals surface area contributed by atoms with Crippen LogP contribution in [0.3, 0.4) is 0 Å². The molecule has 0 atom stereocenters. The van der Waals surface area contributed by atoms with E-state index in [0.717, 1.165) is 0 Å². The van der Waals surface area contributed by atoms with Crippen molar-refractivity contribution in [2.45, 2.75) is 26.8 Å². The average Bonchev–Trinajstić information content (AvgIpc) is 2.54. The highest BCUT2D eigenvalue weighted by Gasteiger charge is 2.19. The Balaban J connectivity index is 2.76. The SMILES string of the molecule is CCOC(=O)CN(CC(=O)Nc1ccccc1C(=O)OC)C(C)C. The molecule has 7 nitrogen and oxygen atoms in total. The van der Waals surface area contributed by atoms with E-state index in [-0.39, 0.29) is 36.6 Å². The summed E-state index contributed by atoms with van der Waals surface area (Å²) in [7, 11) is 1.28. The molecule has 0 radical (unpaired) electrons. The lowest BCUT2D eigenvalue weighted by Gasteiger charge is -2.24. The maximum atomic E-state index is 12.3. The number of benzene rings is 1. The van der Waals surface area contributed by atoms with Gasteiger partial charge >= 0.3 is 11.9 Å². The van der Waals surface area contributed by atoms with Crippen molar-refractivity contribution in [1.82, 2.24) is 4.90 Å². The molecule has 1 aromatic carbocycles. The van der Waals surface area contributed by atoms with Crippen molar-refractivity contribution in [2.24, 2.45) is 0 Å². The third kappa shape index (κ3) is 6.00. The zero-order chi connectivity index (χ0) is 18.1. The first-order valence-electron chi connectivity index (χ1n) is 7.75. The highest BCUT2D eigenvalue weighted by Crippen LogP contribution is 2.16. The van der Waals surface area contributed by atoms with Crippen LogP contribution in [0, 0.1) is 0 Å². The van der Waals surface area contributed by atoms with Crippen LogP contribution in [0.4, 0.5) is 5.69 Å². The Labute approximate surface area is 141 Å². The largest absolute Gasteiger partial charge is 0.465 e. The van der Waals surface area contributed by atoms with E-state index in [9.17, 15) is 14.4 Å². The lowest BCUT2D eigenvalue weighted by molar-refractivity contribution is -0.145. The molecule has 0 saturated carbocycles. The number of nitrogens with one attached hydrogen (secondary N) is 1. The topological polar surface area (TPSA) is 84.9 Å². The summed E-state index contributed by atoms with van der Waals surface area (Å²) < 4.78 is 9.61. The molecule has 0 aliphatic heterocycles. The quantitative estimate of drug-likeness (QED) is 0.727. The molecule has 1 N–H and O–H groups in total. The number of esters is 2. The van der Waals surface area contributed by atoms with E-state index in [0.29, 0.717) is 12.3 Å². The van der Waals surface area contributed by atoms with Crippen molar-refractivity contribution in [1.29, 1.82) is 0 Å². The van der Waals surface area contributed by atoms with Crippen LogP contribution in [0.1, 0.15) is 31.1 Å². The zero-order valence-electron chi connectivity index (χ0n) is 14.5. The van der Waals surface area contributed by atoms with Gasteiger partial charge in [-0.3, -0.25) is 14.5 Å². The van der Waals surface area contributed by atoms with E-state index in [1.165, 1.54) is 7.11 Å². The first-order chi connectivity index (χ1) is 11.4. The predicted octanol–water partition coefficient (Wildman–Crippen LogP) is 1.69. The molecule has 1 amide bonds. The van der Waals surface area contributed by atoms with Gasteiger partial charge in [-0.1, -0.05) is 12.1 Å². The zero-order valence-corrected chi connectivity index (χ0v) is 14.5. The molecule has 0 heterocycles. The van der Waals surface area contributed by atoms with Crippen molar-refractivity contribution in [2.75, 3.05) is 32.1 Å². The van der Waals surface area contributed by atoms with Crippen LogP contribution in [0.5, 0.6) is 0 Å². The fraction of sp³-hybridized carbons (Fsp3) is 0.471. The molecule has 0 spiro atoms. The lowest BCUT2D eigenvalue weighted by Crippen LogP contribution is -2.41. The van der Waals surface area contributed by atoms with Gasteiger partial charge in [0.25, 0.3) is 0 Å². The summed E-state index contributed by atoms with van der Waals surface area (Å²) in [6.07, 6.45) is 0. The normalized spacial score (nSPS) is 10.6. The summed E-state index contributed by atoms with van der Waals surface area (Å²) in [5, 5.41) is 2.68. The standard InChI is InChI=1S/C17H24N2O5/c1-5-24-16(21)11-19(12(2)3)10-15(20)18-14-9-7-6-8-13(14)17(22)23-4/h6-9,12H,5,10-11H2,1-4H3,(H,18,20). The summed E-state index contributed by atoms with van der Waals surface area (Å²) in [5.41, 5.74) is 0.643.